The number of aryl methyl sites for hydroxylation is 1. The summed E-state index contributed by atoms with van der Waals surface area (Å²) in [5.41, 5.74) is 2.83. The first kappa shape index (κ1) is 19.4. The fourth-order valence-electron chi connectivity index (χ4n) is 3.49. The van der Waals surface area contributed by atoms with Gasteiger partial charge in [-0.15, -0.1) is 11.3 Å². The van der Waals surface area contributed by atoms with E-state index in [1.807, 2.05) is 55.1 Å². The van der Waals surface area contributed by atoms with Crippen molar-refractivity contribution in [1.82, 2.24) is 14.9 Å². The van der Waals surface area contributed by atoms with Crippen molar-refractivity contribution >= 4 is 29.0 Å². The average molecular weight is 408 g/mol. The molecule has 1 N–H and O–H groups in total. The topological polar surface area (TPSA) is 61.4 Å². The number of aromatic nitrogens is 2. The number of rotatable bonds is 5. The molecule has 0 unspecified atom stereocenters. The molecule has 1 amide bonds. The largest absolute Gasteiger partial charge is 0.354 e. The lowest BCUT2D eigenvalue weighted by Gasteiger charge is -2.35. The zero-order chi connectivity index (χ0) is 20.2. The number of carbonyl (C=O) groups is 1. The summed E-state index contributed by atoms with van der Waals surface area (Å²) in [7, 11) is 0. The third kappa shape index (κ3) is 4.40. The van der Waals surface area contributed by atoms with Crippen LogP contribution >= 0.6 is 11.3 Å². The Morgan fingerprint density at radius 2 is 1.86 bits per heavy atom. The van der Waals surface area contributed by atoms with Crippen LogP contribution in [0.15, 0.2) is 47.8 Å². The van der Waals surface area contributed by atoms with Gasteiger partial charge in [0.15, 0.2) is 0 Å². The van der Waals surface area contributed by atoms with Gasteiger partial charge in [0, 0.05) is 54.9 Å². The number of hydrogen-bond donors (Lipinski definition) is 1. The second-order valence-corrected chi connectivity index (χ2v) is 8.00. The van der Waals surface area contributed by atoms with Gasteiger partial charge in [0.25, 0.3) is 5.91 Å². The first-order valence-electron chi connectivity index (χ1n) is 9.92. The van der Waals surface area contributed by atoms with Gasteiger partial charge in [0.2, 0.25) is 5.95 Å². The quantitative estimate of drug-likeness (QED) is 0.695. The van der Waals surface area contributed by atoms with Crippen molar-refractivity contribution in [3.05, 3.63) is 59.1 Å². The molecule has 0 radical (unpaired) electrons. The molecule has 0 spiro atoms. The number of nitrogens with one attached hydrogen (secondary N) is 1. The molecule has 0 aliphatic carbocycles. The molecule has 0 atom stereocenters. The third-order valence-corrected chi connectivity index (χ3v) is 5.92. The lowest BCUT2D eigenvalue weighted by molar-refractivity contribution is 0.0746. The molecule has 6 nitrogen and oxygen atoms in total. The Morgan fingerprint density at radius 3 is 2.52 bits per heavy atom. The molecule has 1 aromatic carbocycles. The van der Waals surface area contributed by atoms with Crippen LogP contribution in [0, 0.1) is 6.92 Å². The van der Waals surface area contributed by atoms with Crippen LogP contribution in [0.4, 0.5) is 11.8 Å². The summed E-state index contributed by atoms with van der Waals surface area (Å²) in [5.74, 6) is 1.67. The van der Waals surface area contributed by atoms with Crippen molar-refractivity contribution in [2.45, 2.75) is 13.8 Å². The van der Waals surface area contributed by atoms with Crippen LogP contribution in [0.2, 0.25) is 0 Å². The molecular weight excluding hydrogens is 382 g/mol. The number of nitrogens with zero attached hydrogens (tertiary/aromatic N) is 4. The fraction of sp³-hybridized carbons (Fsp3) is 0.318. The normalized spacial score (nSPS) is 14.1. The maximum Gasteiger partial charge on any atom is 0.253 e. The average Bonchev–Trinajstić information content (AvgIpc) is 3.28. The Morgan fingerprint density at radius 1 is 1.10 bits per heavy atom. The Balaban J connectivity index is 1.40. The number of benzene rings is 1. The van der Waals surface area contributed by atoms with Crippen molar-refractivity contribution in [3.63, 3.8) is 0 Å². The number of amides is 1. The zero-order valence-corrected chi connectivity index (χ0v) is 17.6. The van der Waals surface area contributed by atoms with Crippen LogP contribution in [-0.4, -0.2) is 53.5 Å². The minimum absolute atomic E-state index is 0.0922. The summed E-state index contributed by atoms with van der Waals surface area (Å²) in [6.07, 6.45) is 0. The molecule has 150 valence electrons. The summed E-state index contributed by atoms with van der Waals surface area (Å²) in [6, 6.07) is 14.1. The molecule has 7 heteroatoms. The molecule has 4 rings (SSSR count). The molecule has 1 aliphatic rings. The van der Waals surface area contributed by atoms with Crippen LogP contribution in [-0.2, 0) is 0 Å². The van der Waals surface area contributed by atoms with Gasteiger partial charge >= 0.3 is 0 Å². The molecule has 29 heavy (non-hydrogen) atoms. The molecule has 0 saturated carbocycles. The van der Waals surface area contributed by atoms with Gasteiger partial charge in [-0.3, -0.25) is 4.79 Å². The van der Waals surface area contributed by atoms with E-state index in [1.54, 1.807) is 11.3 Å². The minimum Gasteiger partial charge on any atom is -0.354 e. The van der Waals surface area contributed by atoms with Crippen molar-refractivity contribution < 1.29 is 4.79 Å². The molecule has 3 heterocycles. The lowest BCUT2D eigenvalue weighted by atomic mass is 10.1. The molecule has 0 bridgehead atoms. The van der Waals surface area contributed by atoms with Crippen molar-refractivity contribution in [1.29, 1.82) is 0 Å². The predicted octanol–water partition coefficient (Wildman–Crippen LogP) is 3.91. The summed E-state index contributed by atoms with van der Waals surface area (Å²) >= 11 is 1.71. The number of piperazine rings is 1. The van der Waals surface area contributed by atoms with E-state index in [-0.39, 0.29) is 5.91 Å². The Hall–Kier alpha value is -2.93. The van der Waals surface area contributed by atoms with Gasteiger partial charge in [-0.05, 0) is 43.0 Å². The predicted molar refractivity (Wildman–Crippen MR) is 119 cm³/mol. The fourth-order valence-corrected chi connectivity index (χ4v) is 4.23. The van der Waals surface area contributed by atoms with Gasteiger partial charge < -0.3 is 15.1 Å². The van der Waals surface area contributed by atoms with Crippen molar-refractivity contribution in [2.24, 2.45) is 0 Å². The highest BCUT2D eigenvalue weighted by Gasteiger charge is 2.23. The second-order valence-electron chi connectivity index (χ2n) is 7.06. The molecule has 1 saturated heterocycles. The minimum atomic E-state index is 0.0922. The maximum absolute atomic E-state index is 12.9. The highest BCUT2D eigenvalue weighted by atomic mass is 32.1. The van der Waals surface area contributed by atoms with E-state index in [1.165, 1.54) is 4.88 Å². The zero-order valence-electron chi connectivity index (χ0n) is 16.8. The number of thiophene rings is 1. The first-order chi connectivity index (χ1) is 14.1. The molecule has 2 aromatic heterocycles. The second kappa shape index (κ2) is 8.61. The Labute approximate surface area is 175 Å². The highest BCUT2D eigenvalue weighted by molar-refractivity contribution is 7.13. The van der Waals surface area contributed by atoms with Gasteiger partial charge in [-0.1, -0.05) is 18.2 Å². The molecule has 3 aromatic rings. The van der Waals surface area contributed by atoms with E-state index >= 15 is 0 Å². The monoisotopic (exact) mass is 407 g/mol. The number of carbonyl (C=O) groups excluding carboxylic acids is 1. The maximum atomic E-state index is 12.9. The van der Waals surface area contributed by atoms with Crippen LogP contribution in [0.25, 0.3) is 10.4 Å². The molecule has 1 fully saturated rings. The SMILES string of the molecule is CCNc1nc(C)cc(N2CCN(C(=O)c3ccc(-c4cccs4)cc3)CC2)n1. The van der Waals surface area contributed by atoms with Gasteiger partial charge in [-0.25, -0.2) is 4.98 Å². The number of hydrogen-bond acceptors (Lipinski definition) is 6. The summed E-state index contributed by atoms with van der Waals surface area (Å²) in [6.45, 7) is 7.70. The van der Waals surface area contributed by atoms with Gasteiger partial charge in [0.05, 0.1) is 0 Å². The van der Waals surface area contributed by atoms with Crippen LogP contribution in [0.1, 0.15) is 23.0 Å². The number of anilines is 2. The smallest absolute Gasteiger partial charge is 0.253 e. The van der Waals surface area contributed by atoms with E-state index in [0.717, 1.165) is 42.3 Å². The van der Waals surface area contributed by atoms with Crippen molar-refractivity contribution in [2.75, 3.05) is 42.9 Å². The molecular formula is C22H25N5OS. The Bertz CT molecular complexity index is 963. The van der Waals surface area contributed by atoms with E-state index in [4.69, 9.17) is 0 Å². The highest BCUT2D eigenvalue weighted by Crippen LogP contribution is 2.25. The summed E-state index contributed by atoms with van der Waals surface area (Å²) in [4.78, 5) is 27.3. The summed E-state index contributed by atoms with van der Waals surface area (Å²) in [5, 5.41) is 5.24. The van der Waals surface area contributed by atoms with E-state index < -0.39 is 0 Å². The van der Waals surface area contributed by atoms with Crippen LogP contribution in [0.3, 0.4) is 0 Å². The first-order valence-corrected chi connectivity index (χ1v) is 10.8. The van der Waals surface area contributed by atoms with E-state index in [0.29, 0.717) is 19.0 Å². The van der Waals surface area contributed by atoms with Crippen molar-refractivity contribution in [3.8, 4) is 10.4 Å². The standard InChI is InChI=1S/C22H25N5OS/c1-3-23-22-24-16(2)15-20(25-22)26-10-12-27(13-11-26)21(28)18-8-6-17(7-9-18)19-5-4-14-29-19/h4-9,14-15H,3,10-13H2,1-2H3,(H,23,24,25). The van der Waals surface area contributed by atoms with Gasteiger partial charge in [0.1, 0.15) is 5.82 Å². The molecule has 1 aliphatic heterocycles. The van der Waals surface area contributed by atoms with E-state index in [2.05, 4.69) is 31.6 Å². The Kier molecular flexibility index (Phi) is 5.76. The lowest BCUT2D eigenvalue weighted by Crippen LogP contribution is -2.49. The van der Waals surface area contributed by atoms with Crippen LogP contribution < -0.4 is 10.2 Å². The van der Waals surface area contributed by atoms with Crippen LogP contribution in [0.5, 0.6) is 0 Å². The summed E-state index contributed by atoms with van der Waals surface area (Å²) < 4.78 is 0. The third-order valence-electron chi connectivity index (χ3n) is 5.00. The van der Waals surface area contributed by atoms with Gasteiger partial charge in [-0.2, -0.15) is 4.98 Å². The van der Waals surface area contributed by atoms with E-state index in [9.17, 15) is 4.79 Å².